The first kappa shape index (κ1) is 13.1. The molecule has 0 bridgehead atoms. The molecule has 0 aromatic carbocycles. The van der Waals surface area contributed by atoms with Crippen molar-refractivity contribution in [2.45, 2.75) is 19.3 Å². The van der Waals surface area contributed by atoms with Gasteiger partial charge in [-0.3, -0.25) is 4.79 Å². The molecule has 0 aliphatic carbocycles. The van der Waals surface area contributed by atoms with Crippen LogP contribution in [-0.2, 0) is 9.59 Å². The van der Waals surface area contributed by atoms with Crippen LogP contribution in [0.2, 0.25) is 0 Å². The smallest absolute Gasteiger partial charge is 0.331 e. The molecule has 0 spiro atoms. The van der Waals surface area contributed by atoms with Gasteiger partial charge < -0.3 is 10.2 Å². The van der Waals surface area contributed by atoms with Crippen molar-refractivity contribution in [1.82, 2.24) is 0 Å². The van der Waals surface area contributed by atoms with Gasteiger partial charge in [-0.15, -0.1) is 8.58 Å². The Kier molecular flexibility index (Phi) is 7.03. The van der Waals surface area contributed by atoms with Gasteiger partial charge in [-0.1, -0.05) is 6.58 Å². The van der Waals surface area contributed by atoms with Crippen LogP contribution in [0.15, 0.2) is 12.2 Å². The van der Waals surface area contributed by atoms with Crippen molar-refractivity contribution < 1.29 is 19.8 Å². The Hall–Kier alpha value is -0.890. The maximum Gasteiger partial charge on any atom is 0.331 e. The lowest BCUT2D eigenvalue weighted by atomic mass is 10.2. The van der Waals surface area contributed by atoms with Gasteiger partial charge in [0.05, 0.1) is 6.42 Å². The van der Waals surface area contributed by atoms with Crippen LogP contribution in [0.25, 0.3) is 0 Å². The maximum absolute atomic E-state index is 9.87. The molecule has 0 atom stereocenters. The number of carbonyl (C=O) groups is 2. The Morgan fingerprint density at radius 1 is 1.21 bits per heavy atom. The van der Waals surface area contributed by atoms with E-state index in [1.807, 2.05) is 0 Å². The summed E-state index contributed by atoms with van der Waals surface area (Å²) in [6.07, 6.45) is 5.58. The van der Waals surface area contributed by atoms with Gasteiger partial charge in [-0.05, 0) is 25.2 Å². The summed E-state index contributed by atoms with van der Waals surface area (Å²) >= 11 is 0. The highest BCUT2D eigenvalue weighted by Crippen LogP contribution is 2.21. The van der Waals surface area contributed by atoms with E-state index in [4.69, 9.17) is 10.2 Å². The number of aliphatic carboxylic acids is 2. The van der Waals surface area contributed by atoms with Gasteiger partial charge >= 0.3 is 11.9 Å². The highest BCUT2D eigenvalue weighted by Gasteiger charge is 2.07. The zero-order chi connectivity index (χ0) is 11.0. The highest BCUT2D eigenvalue weighted by molar-refractivity contribution is 7.38. The molecule has 0 unspecified atom stereocenters. The molecule has 4 nitrogen and oxygen atoms in total. The lowest BCUT2D eigenvalue weighted by molar-refractivity contribution is -0.139. The molecule has 0 aromatic heterocycles. The quantitative estimate of drug-likeness (QED) is 0.556. The van der Waals surface area contributed by atoms with E-state index in [0.29, 0.717) is 0 Å². The second-order valence-corrected chi connectivity index (χ2v) is 4.44. The Balaban J connectivity index is 0.000000280. The summed E-state index contributed by atoms with van der Waals surface area (Å²) in [5.41, 5.74) is -0.303. The van der Waals surface area contributed by atoms with Crippen molar-refractivity contribution in [2.24, 2.45) is 0 Å². The van der Waals surface area contributed by atoms with Crippen LogP contribution in [0.1, 0.15) is 19.3 Å². The van der Waals surface area contributed by atoms with E-state index >= 15 is 0 Å². The minimum absolute atomic E-state index is 0.303. The molecule has 1 fully saturated rings. The first-order valence-electron chi connectivity index (χ1n) is 4.37. The SMILES string of the molecule is C1CCPC1.C=C(CC(=O)O)C(=O)O. The molecule has 2 N–H and O–H groups in total. The van der Waals surface area contributed by atoms with E-state index in [1.165, 1.54) is 33.7 Å². The van der Waals surface area contributed by atoms with E-state index in [2.05, 4.69) is 6.58 Å². The summed E-state index contributed by atoms with van der Waals surface area (Å²) in [4.78, 5) is 19.7. The fourth-order valence-corrected chi connectivity index (χ4v) is 2.13. The van der Waals surface area contributed by atoms with Crippen molar-refractivity contribution in [3.8, 4) is 0 Å². The third kappa shape index (κ3) is 7.74. The fraction of sp³-hybridized carbons (Fsp3) is 0.556. The minimum atomic E-state index is -1.27. The molecule has 1 saturated heterocycles. The average Bonchev–Trinajstić information content (AvgIpc) is 2.59. The average molecular weight is 218 g/mol. The van der Waals surface area contributed by atoms with Crippen LogP contribution in [-0.4, -0.2) is 34.5 Å². The Bertz CT molecular complexity index is 213. The molecule has 0 amide bonds. The van der Waals surface area contributed by atoms with Crippen LogP contribution >= 0.6 is 8.58 Å². The molecule has 1 rings (SSSR count). The van der Waals surface area contributed by atoms with Gasteiger partial charge in [0.2, 0.25) is 0 Å². The van der Waals surface area contributed by atoms with E-state index < -0.39 is 18.4 Å². The van der Waals surface area contributed by atoms with Gasteiger partial charge in [0.1, 0.15) is 0 Å². The van der Waals surface area contributed by atoms with Gasteiger partial charge in [0, 0.05) is 5.57 Å². The van der Waals surface area contributed by atoms with Crippen LogP contribution in [0.4, 0.5) is 0 Å². The first-order valence-corrected chi connectivity index (χ1v) is 5.79. The molecule has 5 heteroatoms. The van der Waals surface area contributed by atoms with Gasteiger partial charge in [0.25, 0.3) is 0 Å². The normalized spacial score (nSPS) is 14.0. The molecule has 1 aliphatic rings. The second-order valence-electron chi connectivity index (χ2n) is 2.94. The standard InChI is InChI=1S/C5H6O4.C4H9P/c1-3(5(8)9)2-4(6)7;1-2-4-5-3-1/h1-2H2,(H,6,7)(H,8,9);5H,1-4H2. The van der Waals surface area contributed by atoms with E-state index in [0.717, 1.165) is 0 Å². The number of rotatable bonds is 3. The summed E-state index contributed by atoms with van der Waals surface area (Å²) in [7, 11) is 1.31. The molecular weight excluding hydrogens is 203 g/mol. The van der Waals surface area contributed by atoms with E-state index in [9.17, 15) is 9.59 Å². The molecule has 0 saturated carbocycles. The van der Waals surface area contributed by atoms with Crippen LogP contribution < -0.4 is 0 Å². The summed E-state index contributed by atoms with van der Waals surface area (Å²) in [6, 6.07) is 0. The van der Waals surface area contributed by atoms with E-state index in [1.54, 1.807) is 0 Å². The Morgan fingerprint density at radius 2 is 1.71 bits per heavy atom. The molecule has 0 aromatic rings. The van der Waals surface area contributed by atoms with Gasteiger partial charge in [-0.25, -0.2) is 4.79 Å². The number of hydrogen-bond acceptors (Lipinski definition) is 2. The minimum Gasteiger partial charge on any atom is -0.481 e. The van der Waals surface area contributed by atoms with Crippen molar-refractivity contribution in [2.75, 3.05) is 12.3 Å². The van der Waals surface area contributed by atoms with Crippen molar-refractivity contribution >= 4 is 20.5 Å². The Morgan fingerprint density at radius 3 is 1.86 bits per heavy atom. The zero-order valence-corrected chi connectivity index (χ0v) is 8.95. The van der Waals surface area contributed by atoms with Crippen molar-refractivity contribution in [3.05, 3.63) is 12.2 Å². The second kappa shape index (κ2) is 7.51. The maximum atomic E-state index is 9.87. The summed E-state index contributed by atoms with van der Waals surface area (Å²) < 4.78 is 0. The third-order valence-corrected chi connectivity index (χ3v) is 3.04. The molecule has 1 heterocycles. The molecule has 14 heavy (non-hydrogen) atoms. The summed E-state index contributed by atoms with van der Waals surface area (Å²) in [6.45, 7) is 3.01. The monoisotopic (exact) mass is 218 g/mol. The molecule has 0 radical (unpaired) electrons. The zero-order valence-electron chi connectivity index (χ0n) is 7.95. The van der Waals surface area contributed by atoms with Crippen molar-refractivity contribution in [3.63, 3.8) is 0 Å². The lowest BCUT2D eigenvalue weighted by Gasteiger charge is -1.91. The Labute approximate surface area is 84.8 Å². The highest BCUT2D eigenvalue weighted by atomic mass is 31.1. The molecular formula is C9H15O4P. The number of hydrogen-bond donors (Lipinski definition) is 2. The predicted octanol–water partition coefficient (Wildman–Crippen LogP) is 1.56. The lowest BCUT2D eigenvalue weighted by Crippen LogP contribution is -2.04. The molecule has 80 valence electrons. The fourth-order valence-electron chi connectivity index (χ4n) is 0.883. The van der Waals surface area contributed by atoms with Crippen LogP contribution in [0.3, 0.4) is 0 Å². The third-order valence-electron chi connectivity index (χ3n) is 1.62. The van der Waals surface area contributed by atoms with Gasteiger partial charge in [0.15, 0.2) is 0 Å². The first-order chi connectivity index (χ1) is 6.54. The van der Waals surface area contributed by atoms with Gasteiger partial charge in [-0.2, -0.15) is 0 Å². The van der Waals surface area contributed by atoms with Crippen LogP contribution in [0.5, 0.6) is 0 Å². The summed E-state index contributed by atoms with van der Waals surface area (Å²) in [5.74, 6) is -2.44. The van der Waals surface area contributed by atoms with E-state index in [-0.39, 0.29) is 5.57 Å². The number of carboxylic acid groups (broad SMARTS) is 2. The summed E-state index contributed by atoms with van der Waals surface area (Å²) in [5, 5.41) is 16.1. The predicted molar refractivity (Wildman–Crippen MR) is 56.3 cm³/mol. The topological polar surface area (TPSA) is 74.6 Å². The van der Waals surface area contributed by atoms with Crippen LogP contribution in [0, 0.1) is 0 Å². The molecule has 1 aliphatic heterocycles. The largest absolute Gasteiger partial charge is 0.481 e. The van der Waals surface area contributed by atoms with Crippen molar-refractivity contribution in [1.29, 1.82) is 0 Å². The number of carboxylic acids is 2.